The molecule has 0 radical (unpaired) electrons. The van der Waals surface area contributed by atoms with Gasteiger partial charge in [0.05, 0.1) is 6.61 Å². The Morgan fingerprint density at radius 2 is 1.95 bits per heavy atom. The van der Waals surface area contributed by atoms with Gasteiger partial charge in [-0.05, 0) is 5.56 Å². The lowest BCUT2D eigenvalue weighted by Gasteiger charge is -2.13. The maximum Gasteiger partial charge on any atom is 0.331 e. The summed E-state index contributed by atoms with van der Waals surface area (Å²) < 4.78 is 25.4. The Labute approximate surface area is 116 Å². The summed E-state index contributed by atoms with van der Waals surface area (Å²) in [6, 6.07) is 7.52. The van der Waals surface area contributed by atoms with Crippen LogP contribution in [0.5, 0.6) is 0 Å². The highest BCUT2D eigenvalue weighted by molar-refractivity contribution is 7.73. The van der Waals surface area contributed by atoms with Crippen LogP contribution in [0.1, 0.15) is 5.56 Å². The molecule has 0 saturated heterocycles. The van der Waals surface area contributed by atoms with E-state index in [0.29, 0.717) is 5.37 Å². The monoisotopic (exact) mass is 299 g/mol. The Kier molecular flexibility index (Phi) is 6.41. The smallest absolute Gasteiger partial charge is 0.331 e. The molecule has 2 N–H and O–H groups in total. The van der Waals surface area contributed by atoms with Crippen molar-refractivity contribution in [3.8, 4) is 0 Å². The third kappa shape index (κ3) is 5.63. The maximum atomic E-state index is 11.6. The van der Waals surface area contributed by atoms with Crippen molar-refractivity contribution >= 4 is 27.5 Å². The second kappa shape index (κ2) is 8.08. The van der Waals surface area contributed by atoms with Gasteiger partial charge < -0.3 is 15.2 Å². The summed E-state index contributed by atoms with van der Waals surface area (Å²) in [6.45, 7) is -0.706. The fourth-order valence-corrected chi connectivity index (χ4v) is 1.54. The highest BCUT2D eigenvalue weighted by Gasteiger charge is 2.20. The first kappa shape index (κ1) is 15.9. The van der Waals surface area contributed by atoms with Gasteiger partial charge in [-0.3, -0.25) is 4.79 Å². The van der Waals surface area contributed by atoms with Crippen LogP contribution in [0.3, 0.4) is 0 Å². The first-order chi connectivity index (χ1) is 9.52. The molecule has 8 heteroatoms. The molecule has 1 amide bonds. The molecule has 0 fully saturated rings. The summed E-state index contributed by atoms with van der Waals surface area (Å²) in [5.74, 6) is -1.86. The van der Waals surface area contributed by atoms with Crippen LogP contribution in [0, 0.1) is 0 Å². The van der Waals surface area contributed by atoms with Crippen LogP contribution in [-0.2, 0) is 31.2 Å². The molecule has 1 atom stereocenters. The van der Waals surface area contributed by atoms with E-state index in [1.54, 1.807) is 30.3 Å². The number of hydrogen-bond acceptors (Lipinski definition) is 6. The van der Waals surface area contributed by atoms with Crippen LogP contribution in [-0.4, -0.2) is 43.4 Å². The minimum absolute atomic E-state index is 0.0107. The highest BCUT2D eigenvalue weighted by atomic mass is 32.2. The minimum Gasteiger partial charge on any atom is -0.459 e. The Balaban J connectivity index is 2.55. The molecule has 0 spiro atoms. The van der Waals surface area contributed by atoms with E-state index < -0.39 is 34.8 Å². The van der Waals surface area contributed by atoms with Gasteiger partial charge in [0.25, 0.3) is 5.91 Å². The van der Waals surface area contributed by atoms with Gasteiger partial charge in [-0.25, -0.2) is 4.79 Å². The zero-order chi connectivity index (χ0) is 15.0. The molecule has 1 aromatic carbocycles. The van der Waals surface area contributed by atoms with E-state index in [9.17, 15) is 18.0 Å². The summed E-state index contributed by atoms with van der Waals surface area (Å²) in [5.41, 5.74) is 0.746. The van der Waals surface area contributed by atoms with Crippen molar-refractivity contribution in [1.82, 2.24) is 5.32 Å². The molecular weight excluding hydrogens is 286 g/mol. The summed E-state index contributed by atoms with van der Waals surface area (Å²) >= 11 is 0. The van der Waals surface area contributed by atoms with Crippen molar-refractivity contribution in [3.63, 3.8) is 0 Å². The van der Waals surface area contributed by atoms with E-state index in [0.717, 1.165) is 5.56 Å². The predicted octanol–water partition coefficient (Wildman–Crippen LogP) is -1.11. The number of aliphatic hydroxyl groups excluding tert-OH is 1. The number of hydrogen-bond donors (Lipinski definition) is 2. The molecule has 0 heterocycles. The number of esters is 1. The van der Waals surface area contributed by atoms with Crippen molar-refractivity contribution in [1.29, 1.82) is 0 Å². The Hall–Kier alpha value is -2.19. The number of carbonyl (C=O) groups excluding carboxylic acids is 2. The Morgan fingerprint density at radius 1 is 1.30 bits per heavy atom. The lowest BCUT2D eigenvalue weighted by molar-refractivity contribution is -0.149. The molecular formula is C12H13NO6S. The molecule has 1 rings (SSSR count). The van der Waals surface area contributed by atoms with Crippen LogP contribution in [0.4, 0.5) is 0 Å². The normalized spacial score (nSPS) is 11.2. The topological polar surface area (TPSA) is 110 Å². The number of aliphatic hydroxyl groups is 1. The van der Waals surface area contributed by atoms with Crippen LogP contribution >= 0.6 is 0 Å². The largest absolute Gasteiger partial charge is 0.459 e. The standard InChI is InChI=1S/C12H13NO6S/c14-6-10(13-11(15)8-20(17)18)12(16)19-7-9-4-2-1-3-5-9/h1-5,8,10,14H,6-7H2,(H,13,15)/t10-/m0/s1. The van der Waals surface area contributed by atoms with Crippen molar-refractivity contribution in [2.24, 2.45) is 0 Å². The highest BCUT2D eigenvalue weighted by Crippen LogP contribution is 2.01. The van der Waals surface area contributed by atoms with E-state index in [1.165, 1.54) is 0 Å². The number of carbonyl (C=O) groups is 2. The number of rotatable bonds is 6. The van der Waals surface area contributed by atoms with Gasteiger partial charge in [0, 0.05) is 0 Å². The predicted molar refractivity (Wildman–Crippen MR) is 70.2 cm³/mol. The zero-order valence-electron chi connectivity index (χ0n) is 10.4. The molecule has 0 bridgehead atoms. The Bertz CT molecular complexity index is 588. The van der Waals surface area contributed by atoms with E-state index >= 15 is 0 Å². The summed E-state index contributed by atoms with van der Waals surface area (Å²) in [5, 5.41) is 11.4. The van der Waals surface area contributed by atoms with E-state index in [2.05, 4.69) is 0 Å². The number of amides is 1. The van der Waals surface area contributed by atoms with Crippen LogP contribution < -0.4 is 5.32 Å². The average Bonchev–Trinajstić information content (AvgIpc) is 2.42. The molecule has 0 aliphatic rings. The van der Waals surface area contributed by atoms with Crippen LogP contribution in [0.2, 0.25) is 0 Å². The first-order valence-electron chi connectivity index (χ1n) is 5.57. The summed E-state index contributed by atoms with van der Waals surface area (Å²) in [6.07, 6.45) is 0. The average molecular weight is 299 g/mol. The molecule has 0 aromatic heterocycles. The van der Waals surface area contributed by atoms with Crippen LogP contribution in [0.15, 0.2) is 30.3 Å². The lowest BCUT2D eigenvalue weighted by atomic mass is 10.2. The number of nitrogens with one attached hydrogen (secondary N) is 1. The van der Waals surface area contributed by atoms with Gasteiger partial charge in [0.2, 0.25) is 10.3 Å². The van der Waals surface area contributed by atoms with E-state index in [4.69, 9.17) is 9.84 Å². The van der Waals surface area contributed by atoms with Gasteiger partial charge in [-0.15, -0.1) is 0 Å². The van der Waals surface area contributed by atoms with Crippen molar-refractivity contribution in [2.75, 3.05) is 6.61 Å². The van der Waals surface area contributed by atoms with Crippen molar-refractivity contribution in [2.45, 2.75) is 12.6 Å². The summed E-state index contributed by atoms with van der Waals surface area (Å²) in [4.78, 5) is 22.7. The molecule has 20 heavy (non-hydrogen) atoms. The van der Waals surface area contributed by atoms with E-state index in [-0.39, 0.29) is 6.61 Å². The fraction of sp³-hybridized carbons (Fsp3) is 0.250. The lowest BCUT2D eigenvalue weighted by Crippen LogP contribution is -2.44. The van der Waals surface area contributed by atoms with Gasteiger partial charge in [0.15, 0.2) is 6.04 Å². The van der Waals surface area contributed by atoms with E-state index in [1.807, 2.05) is 5.32 Å². The first-order valence-corrected chi connectivity index (χ1v) is 6.71. The van der Waals surface area contributed by atoms with Crippen LogP contribution in [0.25, 0.3) is 0 Å². The van der Waals surface area contributed by atoms with Gasteiger partial charge in [-0.1, -0.05) is 30.3 Å². The fourth-order valence-electron chi connectivity index (χ4n) is 1.30. The molecule has 0 unspecified atom stereocenters. The third-order valence-corrected chi connectivity index (χ3v) is 2.62. The Morgan fingerprint density at radius 3 is 2.50 bits per heavy atom. The minimum atomic E-state index is -2.68. The summed E-state index contributed by atoms with van der Waals surface area (Å²) in [7, 11) is -2.68. The second-order valence-electron chi connectivity index (χ2n) is 3.72. The number of ether oxygens (including phenoxy) is 1. The number of benzene rings is 1. The maximum absolute atomic E-state index is 11.6. The molecule has 0 saturated carbocycles. The zero-order valence-corrected chi connectivity index (χ0v) is 11.2. The SMILES string of the molecule is O=C(C=S(=O)=O)N[C@@H](CO)C(=O)OCc1ccccc1. The third-order valence-electron chi connectivity index (χ3n) is 2.21. The molecule has 108 valence electrons. The van der Waals surface area contributed by atoms with Gasteiger partial charge in [0.1, 0.15) is 12.0 Å². The molecule has 0 aliphatic heterocycles. The second-order valence-corrected chi connectivity index (χ2v) is 4.47. The molecule has 7 nitrogen and oxygen atoms in total. The van der Waals surface area contributed by atoms with Crippen molar-refractivity contribution < 1.29 is 27.9 Å². The van der Waals surface area contributed by atoms with Gasteiger partial charge >= 0.3 is 5.97 Å². The van der Waals surface area contributed by atoms with Gasteiger partial charge in [-0.2, -0.15) is 8.42 Å². The molecule has 1 aromatic rings. The van der Waals surface area contributed by atoms with Crippen molar-refractivity contribution in [3.05, 3.63) is 35.9 Å². The molecule has 0 aliphatic carbocycles. The quantitative estimate of drug-likeness (QED) is 0.509.